The van der Waals surface area contributed by atoms with Crippen molar-refractivity contribution < 1.29 is 4.79 Å². The average Bonchev–Trinajstić information content (AvgIpc) is 3.29. The highest BCUT2D eigenvalue weighted by Gasteiger charge is 2.38. The molecular formula is C32H38N4O. The van der Waals surface area contributed by atoms with Gasteiger partial charge in [0, 0.05) is 30.4 Å². The number of benzene rings is 3. The van der Waals surface area contributed by atoms with Gasteiger partial charge >= 0.3 is 0 Å². The average molecular weight is 495 g/mol. The van der Waals surface area contributed by atoms with E-state index in [0.717, 1.165) is 29.1 Å². The maximum absolute atomic E-state index is 14.0. The van der Waals surface area contributed by atoms with E-state index in [1.54, 1.807) is 0 Å². The van der Waals surface area contributed by atoms with Crippen molar-refractivity contribution in [3.8, 4) is 11.3 Å². The zero-order valence-electron chi connectivity index (χ0n) is 22.4. The van der Waals surface area contributed by atoms with Gasteiger partial charge in [-0.05, 0) is 43.0 Å². The number of aromatic nitrogens is 2. The number of rotatable bonds is 9. The highest BCUT2D eigenvalue weighted by Crippen LogP contribution is 2.40. The fourth-order valence-corrected chi connectivity index (χ4v) is 4.77. The Labute approximate surface area is 221 Å². The second kappa shape index (κ2) is 11.6. The molecule has 1 unspecified atom stereocenters. The Morgan fingerprint density at radius 3 is 2.16 bits per heavy atom. The van der Waals surface area contributed by atoms with Crippen molar-refractivity contribution in [2.75, 3.05) is 13.1 Å². The number of nitrogens with zero attached hydrogens (tertiary/aromatic N) is 3. The van der Waals surface area contributed by atoms with Crippen molar-refractivity contribution in [1.29, 1.82) is 0 Å². The van der Waals surface area contributed by atoms with Gasteiger partial charge < -0.3 is 15.2 Å². The molecule has 1 atom stereocenters. The largest absolute Gasteiger partial charge is 0.330 e. The molecule has 192 valence electrons. The summed E-state index contributed by atoms with van der Waals surface area (Å²) in [4.78, 5) is 21.2. The van der Waals surface area contributed by atoms with Gasteiger partial charge in [0.05, 0.1) is 11.7 Å². The molecule has 0 radical (unpaired) electrons. The Kier molecular flexibility index (Phi) is 8.24. The Morgan fingerprint density at radius 2 is 1.57 bits per heavy atom. The molecule has 0 aliphatic rings. The van der Waals surface area contributed by atoms with Crippen molar-refractivity contribution >= 4 is 5.91 Å². The Hall–Kier alpha value is -3.70. The van der Waals surface area contributed by atoms with Crippen molar-refractivity contribution in [1.82, 2.24) is 14.5 Å². The molecule has 0 saturated heterocycles. The van der Waals surface area contributed by atoms with E-state index in [1.807, 2.05) is 60.4 Å². The van der Waals surface area contributed by atoms with E-state index in [2.05, 4.69) is 67.9 Å². The molecule has 5 nitrogen and oxygen atoms in total. The molecule has 0 aliphatic heterocycles. The van der Waals surface area contributed by atoms with Crippen molar-refractivity contribution in [2.24, 2.45) is 11.1 Å². The number of nitrogens with two attached hydrogens (primary N) is 1. The molecule has 4 rings (SSSR count). The van der Waals surface area contributed by atoms with Crippen LogP contribution in [0.4, 0.5) is 0 Å². The van der Waals surface area contributed by atoms with Crippen LogP contribution in [0.3, 0.4) is 0 Å². The van der Waals surface area contributed by atoms with Gasteiger partial charge in [-0.2, -0.15) is 0 Å². The minimum atomic E-state index is -0.275. The summed E-state index contributed by atoms with van der Waals surface area (Å²) in [6.45, 7) is 10.3. The minimum Gasteiger partial charge on any atom is -0.330 e. The first-order valence-electron chi connectivity index (χ1n) is 13.0. The molecule has 4 aromatic rings. The summed E-state index contributed by atoms with van der Waals surface area (Å²) in [5, 5.41) is 0. The molecular weight excluding hydrogens is 456 g/mol. The monoisotopic (exact) mass is 494 g/mol. The van der Waals surface area contributed by atoms with E-state index in [0.29, 0.717) is 25.2 Å². The van der Waals surface area contributed by atoms with Crippen LogP contribution in [0.25, 0.3) is 11.3 Å². The van der Waals surface area contributed by atoms with Crippen LogP contribution < -0.4 is 5.73 Å². The van der Waals surface area contributed by atoms with Gasteiger partial charge in [-0.3, -0.25) is 4.79 Å². The van der Waals surface area contributed by atoms with Crippen molar-refractivity contribution in [3.63, 3.8) is 0 Å². The fraction of sp³-hybridized carbons (Fsp3) is 0.312. The third kappa shape index (κ3) is 6.36. The van der Waals surface area contributed by atoms with Crippen LogP contribution in [0.15, 0.2) is 91.1 Å². The van der Waals surface area contributed by atoms with Gasteiger partial charge in [-0.15, -0.1) is 0 Å². The summed E-state index contributed by atoms with van der Waals surface area (Å²) < 4.78 is 2.21. The lowest BCUT2D eigenvalue weighted by atomic mass is 9.84. The predicted octanol–water partition coefficient (Wildman–Crippen LogP) is 6.49. The minimum absolute atomic E-state index is 0.00361. The maximum atomic E-state index is 14.0. The van der Waals surface area contributed by atoms with Crippen LogP contribution in [0.1, 0.15) is 60.5 Å². The van der Waals surface area contributed by atoms with E-state index >= 15 is 0 Å². The highest BCUT2D eigenvalue weighted by atomic mass is 16.2. The number of imidazole rings is 1. The lowest BCUT2D eigenvalue weighted by Crippen LogP contribution is -2.43. The summed E-state index contributed by atoms with van der Waals surface area (Å²) in [5.74, 6) is 0.886. The first-order chi connectivity index (χ1) is 17.8. The van der Waals surface area contributed by atoms with E-state index < -0.39 is 0 Å². The van der Waals surface area contributed by atoms with Crippen LogP contribution in [0.5, 0.6) is 0 Å². The van der Waals surface area contributed by atoms with Crippen LogP contribution in [0.2, 0.25) is 0 Å². The van der Waals surface area contributed by atoms with Gasteiger partial charge in [0.25, 0.3) is 5.91 Å². The number of hydrogen-bond donors (Lipinski definition) is 1. The van der Waals surface area contributed by atoms with Gasteiger partial charge in [-0.25, -0.2) is 4.98 Å². The van der Waals surface area contributed by atoms with Crippen LogP contribution in [-0.4, -0.2) is 33.4 Å². The number of carbonyl (C=O) groups is 1. The number of amides is 1. The maximum Gasteiger partial charge on any atom is 0.254 e. The lowest BCUT2D eigenvalue weighted by Gasteiger charge is -2.40. The fourth-order valence-electron chi connectivity index (χ4n) is 4.77. The van der Waals surface area contributed by atoms with Crippen molar-refractivity contribution in [3.05, 3.63) is 114 Å². The van der Waals surface area contributed by atoms with E-state index in [9.17, 15) is 4.79 Å². The zero-order valence-corrected chi connectivity index (χ0v) is 22.4. The standard InChI is InChI=1S/C32H38N4O/c1-24-16-18-27(19-17-24)31(37)36(21-11-20-33)29(32(2,3)4)30-34-28(26-14-9-6-10-15-26)23-35(30)22-25-12-7-5-8-13-25/h5-10,12-19,23,29H,11,20-22,33H2,1-4H3. The molecule has 0 spiro atoms. The van der Waals surface area contributed by atoms with Gasteiger partial charge in [-0.1, -0.05) is 99.1 Å². The SMILES string of the molecule is Cc1ccc(C(=O)N(CCCN)C(c2nc(-c3ccccc3)cn2Cc2ccccc2)C(C)(C)C)cc1. The first-order valence-corrected chi connectivity index (χ1v) is 13.0. The molecule has 1 amide bonds. The molecule has 0 aliphatic carbocycles. The second-order valence-corrected chi connectivity index (χ2v) is 10.7. The smallest absolute Gasteiger partial charge is 0.254 e. The quantitative estimate of drug-likeness (QED) is 0.289. The first kappa shape index (κ1) is 26.4. The second-order valence-electron chi connectivity index (χ2n) is 10.7. The van der Waals surface area contributed by atoms with Gasteiger partial charge in [0.1, 0.15) is 5.82 Å². The Bertz CT molecular complexity index is 1290. The third-order valence-corrected chi connectivity index (χ3v) is 6.61. The third-order valence-electron chi connectivity index (χ3n) is 6.61. The molecule has 2 N–H and O–H groups in total. The van der Waals surface area contributed by atoms with E-state index in [-0.39, 0.29) is 17.4 Å². The molecule has 0 saturated carbocycles. The van der Waals surface area contributed by atoms with Crippen LogP contribution >= 0.6 is 0 Å². The van der Waals surface area contributed by atoms with Crippen LogP contribution in [0, 0.1) is 12.3 Å². The van der Waals surface area contributed by atoms with Crippen molar-refractivity contribution in [2.45, 2.75) is 46.7 Å². The van der Waals surface area contributed by atoms with Gasteiger partial charge in [0.15, 0.2) is 0 Å². The molecule has 0 fully saturated rings. The molecule has 1 heterocycles. The topological polar surface area (TPSA) is 64.2 Å². The summed E-state index contributed by atoms with van der Waals surface area (Å²) in [5.41, 5.74) is 10.6. The van der Waals surface area contributed by atoms with Gasteiger partial charge in [0.2, 0.25) is 0 Å². The number of aryl methyl sites for hydroxylation is 1. The van der Waals surface area contributed by atoms with E-state index in [1.165, 1.54) is 5.56 Å². The normalized spacial score (nSPS) is 12.4. The molecule has 3 aromatic carbocycles. The molecule has 37 heavy (non-hydrogen) atoms. The summed E-state index contributed by atoms with van der Waals surface area (Å²) >= 11 is 0. The highest BCUT2D eigenvalue weighted by molar-refractivity contribution is 5.94. The molecule has 1 aromatic heterocycles. The number of carbonyl (C=O) groups excluding carboxylic acids is 1. The zero-order chi connectivity index (χ0) is 26.4. The predicted molar refractivity (Wildman–Crippen MR) is 151 cm³/mol. The Morgan fingerprint density at radius 1 is 0.946 bits per heavy atom. The summed E-state index contributed by atoms with van der Waals surface area (Å²) in [6.07, 6.45) is 2.84. The molecule has 0 bridgehead atoms. The number of hydrogen-bond acceptors (Lipinski definition) is 3. The van der Waals surface area contributed by atoms with Crippen LogP contribution in [-0.2, 0) is 6.54 Å². The lowest BCUT2D eigenvalue weighted by molar-refractivity contribution is 0.0482. The summed E-state index contributed by atoms with van der Waals surface area (Å²) in [7, 11) is 0. The Balaban J connectivity index is 1.85. The molecule has 5 heteroatoms. The summed E-state index contributed by atoms with van der Waals surface area (Å²) in [6, 6.07) is 28.2. The van der Waals surface area contributed by atoms with E-state index in [4.69, 9.17) is 10.7 Å².